The smallest absolute Gasteiger partial charge is 0.244 e. The highest BCUT2D eigenvalue weighted by atomic mass is 35.5. The van der Waals surface area contributed by atoms with Crippen LogP contribution in [0, 0.1) is 0 Å². The molecule has 0 bridgehead atoms. The van der Waals surface area contributed by atoms with Crippen LogP contribution in [0.25, 0.3) is 0 Å². The second-order valence-electron chi connectivity index (χ2n) is 9.62. The molecule has 1 unspecified atom stereocenters. The summed E-state index contributed by atoms with van der Waals surface area (Å²) in [6.07, 6.45) is 1.34. The molecule has 2 amide bonds. The third-order valence-electron chi connectivity index (χ3n) is 5.50. The Labute approximate surface area is 224 Å². The van der Waals surface area contributed by atoms with Gasteiger partial charge in [0, 0.05) is 12.1 Å². The quantitative estimate of drug-likeness (QED) is 0.453. The van der Waals surface area contributed by atoms with Crippen LogP contribution in [0.3, 0.4) is 0 Å². The standard InChI is InChI=1S/C26H36ClN3O6S/c1-8-22(25(32)28-26(2,3)4)29(16-18-9-12-20(35-5)13-10-18)24(31)17-30(37(7,33)34)19-11-14-23(36-6)21(27)15-19/h9-15,22H,8,16-17H2,1-7H3,(H,28,32). The maximum Gasteiger partial charge on any atom is 0.244 e. The molecule has 37 heavy (non-hydrogen) atoms. The minimum atomic E-state index is -3.88. The normalized spacial score (nSPS) is 12.4. The first-order valence-electron chi connectivity index (χ1n) is 11.8. The van der Waals surface area contributed by atoms with Crippen molar-refractivity contribution >= 4 is 39.1 Å². The molecular weight excluding hydrogens is 518 g/mol. The predicted molar refractivity (Wildman–Crippen MR) is 146 cm³/mol. The van der Waals surface area contributed by atoms with E-state index in [9.17, 15) is 18.0 Å². The number of methoxy groups -OCH3 is 2. The minimum Gasteiger partial charge on any atom is -0.497 e. The summed E-state index contributed by atoms with van der Waals surface area (Å²) in [5.74, 6) is 0.161. The zero-order valence-electron chi connectivity index (χ0n) is 22.4. The Balaban J connectivity index is 2.48. The fraction of sp³-hybridized carbons (Fsp3) is 0.462. The van der Waals surface area contributed by atoms with Gasteiger partial charge in [0.2, 0.25) is 21.8 Å². The Morgan fingerprint density at radius 2 is 1.68 bits per heavy atom. The van der Waals surface area contributed by atoms with Crippen LogP contribution in [0.1, 0.15) is 39.7 Å². The molecule has 204 valence electrons. The molecule has 2 rings (SSSR count). The van der Waals surface area contributed by atoms with Crippen LogP contribution >= 0.6 is 11.6 Å². The van der Waals surface area contributed by atoms with Gasteiger partial charge in [0.05, 0.1) is 31.2 Å². The molecule has 0 aliphatic carbocycles. The van der Waals surface area contributed by atoms with Gasteiger partial charge in [-0.2, -0.15) is 0 Å². The summed E-state index contributed by atoms with van der Waals surface area (Å²) in [5.41, 5.74) is 0.450. The van der Waals surface area contributed by atoms with Crippen molar-refractivity contribution in [3.8, 4) is 11.5 Å². The Morgan fingerprint density at radius 3 is 2.14 bits per heavy atom. The first-order valence-corrected chi connectivity index (χ1v) is 14.0. The summed E-state index contributed by atoms with van der Waals surface area (Å²) < 4.78 is 36.8. The van der Waals surface area contributed by atoms with Crippen molar-refractivity contribution in [2.24, 2.45) is 0 Å². The van der Waals surface area contributed by atoms with Crippen molar-refractivity contribution in [2.45, 2.75) is 52.2 Å². The number of nitrogens with one attached hydrogen (secondary N) is 1. The molecule has 0 spiro atoms. The van der Waals surface area contributed by atoms with Gasteiger partial charge >= 0.3 is 0 Å². The SMILES string of the molecule is CCC(C(=O)NC(C)(C)C)N(Cc1ccc(OC)cc1)C(=O)CN(c1ccc(OC)c(Cl)c1)S(C)(=O)=O. The number of carbonyl (C=O) groups excluding carboxylic acids is 2. The van der Waals surface area contributed by atoms with Crippen LogP contribution in [-0.4, -0.2) is 63.7 Å². The molecule has 2 aromatic carbocycles. The summed E-state index contributed by atoms with van der Waals surface area (Å²) in [7, 11) is -0.874. The predicted octanol–water partition coefficient (Wildman–Crippen LogP) is 3.85. The molecule has 2 aromatic rings. The number of ether oxygens (including phenoxy) is 2. The van der Waals surface area contributed by atoms with Crippen molar-refractivity contribution in [1.82, 2.24) is 10.2 Å². The molecule has 0 heterocycles. The highest BCUT2D eigenvalue weighted by molar-refractivity contribution is 7.92. The lowest BCUT2D eigenvalue weighted by Crippen LogP contribution is -2.55. The molecule has 1 atom stereocenters. The second kappa shape index (κ2) is 12.5. The molecule has 0 saturated carbocycles. The zero-order valence-corrected chi connectivity index (χ0v) is 23.9. The molecule has 0 fully saturated rings. The number of hydrogen-bond acceptors (Lipinski definition) is 6. The number of benzene rings is 2. The van der Waals surface area contributed by atoms with E-state index in [0.717, 1.165) is 16.1 Å². The fourth-order valence-corrected chi connectivity index (χ4v) is 4.82. The third kappa shape index (κ3) is 8.53. The molecule has 0 aliphatic rings. The van der Waals surface area contributed by atoms with Crippen LogP contribution < -0.4 is 19.1 Å². The highest BCUT2D eigenvalue weighted by Gasteiger charge is 2.33. The van der Waals surface area contributed by atoms with Crippen molar-refractivity contribution in [1.29, 1.82) is 0 Å². The van der Waals surface area contributed by atoms with E-state index in [4.69, 9.17) is 21.1 Å². The summed E-state index contributed by atoms with van der Waals surface area (Å²) in [6.45, 7) is 6.94. The number of hydrogen-bond donors (Lipinski definition) is 1. The topological polar surface area (TPSA) is 105 Å². The molecule has 0 aromatic heterocycles. The van der Waals surface area contributed by atoms with Crippen LogP contribution in [0.5, 0.6) is 11.5 Å². The Hall–Kier alpha value is -2.98. The van der Waals surface area contributed by atoms with Gasteiger partial charge in [0.25, 0.3) is 0 Å². The maximum atomic E-state index is 13.7. The molecule has 11 heteroatoms. The summed E-state index contributed by atoms with van der Waals surface area (Å²) in [4.78, 5) is 28.4. The highest BCUT2D eigenvalue weighted by Crippen LogP contribution is 2.30. The van der Waals surface area contributed by atoms with Gasteiger partial charge in [-0.15, -0.1) is 0 Å². The Bertz CT molecular complexity index is 1200. The van der Waals surface area contributed by atoms with Crippen molar-refractivity contribution in [3.05, 3.63) is 53.1 Å². The molecule has 0 radical (unpaired) electrons. The van der Waals surface area contributed by atoms with Gasteiger partial charge in [-0.1, -0.05) is 30.7 Å². The van der Waals surface area contributed by atoms with Gasteiger partial charge in [-0.3, -0.25) is 13.9 Å². The van der Waals surface area contributed by atoms with E-state index >= 15 is 0 Å². The third-order valence-corrected chi connectivity index (χ3v) is 6.93. The van der Waals surface area contributed by atoms with E-state index in [1.807, 2.05) is 20.8 Å². The van der Waals surface area contributed by atoms with Crippen molar-refractivity contribution < 1.29 is 27.5 Å². The number of nitrogens with zero attached hydrogens (tertiary/aromatic N) is 2. The van der Waals surface area contributed by atoms with E-state index < -0.39 is 34.1 Å². The molecule has 0 aliphatic heterocycles. The second-order valence-corrected chi connectivity index (χ2v) is 11.9. The number of anilines is 1. The lowest BCUT2D eigenvalue weighted by Gasteiger charge is -2.34. The number of amides is 2. The fourth-order valence-electron chi connectivity index (χ4n) is 3.72. The molecule has 1 N–H and O–H groups in total. The van der Waals surface area contributed by atoms with E-state index in [0.29, 0.717) is 17.9 Å². The van der Waals surface area contributed by atoms with Gasteiger partial charge in [-0.25, -0.2) is 8.42 Å². The van der Waals surface area contributed by atoms with E-state index in [1.165, 1.54) is 30.2 Å². The van der Waals surface area contributed by atoms with Gasteiger partial charge in [-0.05, 0) is 63.1 Å². The number of carbonyl (C=O) groups is 2. The monoisotopic (exact) mass is 553 g/mol. The molecule has 9 nitrogen and oxygen atoms in total. The van der Waals surface area contributed by atoms with E-state index in [-0.39, 0.29) is 23.2 Å². The van der Waals surface area contributed by atoms with E-state index in [2.05, 4.69) is 5.32 Å². The molecule has 0 saturated heterocycles. The van der Waals surface area contributed by atoms with Gasteiger partial charge in [0.1, 0.15) is 24.1 Å². The largest absolute Gasteiger partial charge is 0.497 e. The number of halogens is 1. The lowest BCUT2D eigenvalue weighted by molar-refractivity contribution is -0.141. The average molecular weight is 554 g/mol. The van der Waals surface area contributed by atoms with Crippen LogP contribution in [0.4, 0.5) is 5.69 Å². The maximum absolute atomic E-state index is 13.7. The molecular formula is C26H36ClN3O6S. The summed E-state index contributed by atoms with van der Waals surface area (Å²) >= 11 is 6.23. The first-order chi connectivity index (χ1) is 17.2. The first kappa shape index (κ1) is 30.2. The minimum absolute atomic E-state index is 0.0971. The van der Waals surface area contributed by atoms with E-state index in [1.54, 1.807) is 38.3 Å². The van der Waals surface area contributed by atoms with Gasteiger partial charge in [0.15, 0.2) is 0 Å². The van der Waals surface area contributed by atoms with Crippen molar-refractivity contribution in [2.75, 3.05) is 31.3 Å². The number of sulfonamides is 1. The zero-order chi connectivity index (χ0) is 28.0. The van der Waals surface area contributed by atoms with Crippen LogP contribution in [0.15, 0.2) is 42.5 Å². The Kier molecular flexibility index (Phi) is 10.2. The van der Waals surface area contributed by atoms with Crippen molar-refractivity contribution in [3.63, 3.8) is 0 Å². The Morgan fingerprint density at radius 1 is 1.05 bits per heavy atom. The number of rotatable bonds is 11. The van der Waals surface area contributed by atoms with Crippen LogP contribution in [0.2, 0.25) is 5.02 Å². The lowest BCUT2D eigenvalue weighted by atomic mass is 10.1. The van der Waals surface area contributed by atoms with Gasteiger partial charge < -0.3 is 19.7 Å². The summed E-state index contributed by atoms with van der Waals surface area (Å²) in [6, 6.07) is 10.8. The van der Waals surface area contributed by atoms with Crippen LogP contribution in [-0.2, 0) is 26.2 Å². The average Bonchev–Trinajstić information content (AvgIpc) is 2.80. The summed E-state index contributed by atoms with van der Waals surface area (Å²) in [5, 5.41) is 3.13.